The standard InChI is InChI=1S/C11H14N6O4S/c1-17(6-7-21-22(18,19)20)10-4-2-9(3-5-10)14-16-11-12-8-13-15-11/h2-5,8H,6-7H2,1H3,(H,12,13,15)(H,18,19,20). The first kappa shape index (κ1) is 16.0. The highest BCUT2D eigenvalue weighted by Crippen LogP contribution is 2.20. The van der Waals surface area contributed by atoms with Crippen LogP contribution in [0.2, 0.25) is 0 Å². The zero-order chi connectivity index (χ0) is 16.0. The van der Waals surface area contributed by atoms with Crippen molar-refractivity contribution in [3.63, 3.8) is 0 Å². The summed E-state index contributed by atoms with van der Waals surface area (Å²) in [6.07, 6.45) is 1.40. The predicted octanol–water partition coefficient (Wildman–Crippen LogP) is 1.25. The van der Waals surface area contributed by atoms with E-state index in [2.05, 4.69) is 29.6 Å². The van der Waals surface area contributed by atoms with Crippen LogP contribution in [0.15, 0.2) is 40.8 Å². The van der Waals surface area contributed by atoms with Gasteiger partial charge < -0.3 is 14.4 Å². The number of rotatable bonds is 7. The molecule has 0 aliphatic heterocycles. The van der Waals surface area contributed by atoms with Crippen molar-refractivity contribution in [1.82, 2.24) is 15.2 Å². The van der Waals surface area contributed by atoms with Crippen molar-refractivity contribution in [2.24, 2.45) is 10.2 Å². The lowest BCUT2D eigenvalue weighted by molar-refractivity contribution is 0.267. The smallest absolute Gasteiger partial charge is 0.726 e. The molecule has 1 aromatic heterocycles. The first-order valence-corrected chi connectivity index (χ1v) is 7.46. The van der Waals surface area contributed by atoms with Crippen molar-refractivity contribution in [3.05, 3.63) is 30.6 Å². The number of benzene rings is 1. The Morgan fingerprint density at radius 3 is 2.68 bits per heavy atom. The summed E-state index contributed by atoms with van der Waals surface area (Å²) in [7, 11) is -2.91. The third-order valence-electron chi connectivity index (χ3n) is 2.61. The molecule has 0 fully saturated rings. The number of nitrogens with zero attached hydrogens (tertiary/aromatic N) is 5. The number of aromatic amines is 1. The minimum absolute atomic E-state index is 0. The molecule has 0 spiro atoms. The first-order valence-electron chi connectivity index (χ1n) is 6.13. The van der Waals surface area contributed by atoms with Gasteiger partial charge in [-0.1, -0.05) is 0 Å². The fourth-order valence-electron chi connectivity index (χ4n) is 1.53. The van der Waals surface area contributed by atoms with Gasteiger partial charge >= 0.3 is 1.43 Å². The van der Waals surface area contributed by atoms with E-state index in [-0.39, 0.29) is 14.6 Å². The van der Waals surface area contributed by atoms with E-state index in [9.17, 15) is 13.0 Å². The lowest BCUT2D eigenvalue weighted by atomic mass is 10.2. The lowest BCUT2D eigenvalue weighted by Gasteiger charge is -2.19. The number of H-pyrrole nitrogens is 1. The molecule has 0 saturated carbocycles. The Morgan fingerprint density at radius 2 is 2.09 bits per heavy atom. The summed E-state index contributed by atoms with van der Waals surface area (Å²) in [5.41, 5.74) is 1.43. The van der Waals surface area contributed by atoms with Crippen LogP contribution in [0.25, 0.3) is 0 Å². The van der Waals surface area contributed by atoms with Crippen LogP contribution in [0.5, 0.6) is 0 Å². The van der Waals surface area contributed by atoms with Gasteiger partial charge in [0.2, 0.25) is 10.4 Å². The van der Waals surface area contributed by atoms with Crippen molar-refractivity contribution < 1.29 is 18.6 Å². The Labute approximate surface area is 128 Å². The van der Waals surface area contributed by atoms with Crippen LogP contribution in [0.4, 0.5) is 17.3 Å². The van der Waals surface area contributed by atoms with Crippen LogP contribution in [-0.4, -0.2) is 48.4 Å². The van der Waals surface area contributed by atoms with Crippen molar-refractivity contribution in [2.75, 3.05) is 25.1 Å². The van der Waals surface area contributed by atoms with Gasteiger partial charge in [0.1, 0.15) is 6.33 Å². The van der Waals surface area contributed by atoms with E-state index in [1.165, 1.54) is 6.33 Å². The van der Waals surface area contributed by atoms with Crippen molar-refractivity contribution in [2.45, 2.75) is 0 Å². The normalized spacial score (nSPS) is 11.9. The molecule has 0 unspecified atom stereocenters. The molecule has 22 heavy (non-hydrogen) atoms. The molecule has 1 aromatic carbocycles. The third-order valence-corrected chi connectivity index (χ3v) is 3.06. The molecular weight excluding hydrogens is 312 g/mol. The summed E-state index contributed by atoms with van der Waals surface area (Å²) in [6.45, 7) is 0.0374. The molecule has 10 nitrogen and oxygen atoms in total. The van der Waals surface area contributed by atoms with Crippen LogP contribution in [-0.2, 0) is 14.6 Å². The van der Waals surface area contributed by atoms with Gasteiger partial charge in [-0.15, -0.1) is 20.4 Å². The molecular formula is C11H14N6O4S. The van der Waals surface area contributed by atoms with Crippen molar-refractivity contribution in [1.29, 1.82) is 0 Å². The molecule has 0 aliphatic carbocycles. The second-order valence-corrected chi connectivity index (χ2v) is 5.23. The number of likely N-dealkylation sites (N-methyl/N-ethyl adjacent to an activating group) is 1. The van der Waals surface area contributed by atoms with Gasteiger partial charge in [-0.2, -0.15) is 0 Å². The molecule has 0 bridgehead atoms. The van der Waals surface area contributed by atoms with E-state index >= 15 is 0 Å². The average molecular weight is 326 g/mol. The van der Waals surface area contributed by atoms with Crippen molar-refractivity contribution in [3.8, 4) is 0 Å². The molecule has 118 valence electrons. The molecule has 0 amide bonds. The van der Waals surface area contributed by atoms with Gasteiger partial charge in [0.15, 0.2) is 0 Å². The predicted molar refractivity (Wildman–Crippen MR) is 77.0 cm³/mol. The summed E-state index contributed by atoms with van der Waals surface area (Å²) >= 11 is 0. The SMILES string of the molecule is CN(CCOS(=O)(=O)[O-])c1ccc(N=Nc2nnc[nH]2)cc1.[H+]. The number of hydrogen-bond donors (Lipinski definition) is 1. The first-order chi connectivity index (χ1) is 10.4. The second-order valence-electron chi connectivity index (χ2n) is 4.18. The van der Waals surface area contributed by atoms with Gasteiger partial charge in [0.05, 0.1) is 12.3 Å². The Bertz CT molecular complexity index is 719. The summed E-state index contributed by atoms with van der Waals surface area (Å²) in [6, 6.07) is 7.02. The summed E-state index contributed by atoms with van der Waals surface area (Å²) in [5.74, 6) is 0.303. The van der Waals surface area contributed by atoms with Gasteiger partial charge in [-0.3, -0.25) is 4.18 Å². The second kappa shape index (κ2) is 7.06. The molecule has 0 saturated heterocycles. The molecule has 2 rings (SSSR count). The van der Waals surface area contributed by atoms with Crippen LogP contribution in [0, 0.1) is 0 Å². The number of hydrogen-bond acceptors (Lipinski definition) is 9. The van der Waals surface area contributed by atoms with Crippen LogP contribution < -0.4 is 4.90 Å². The number of anilines is 1. The van der Waals surface area contributed by atoms with E-state index in [0.717, 1.165) is 5.69 Å². The van der Waals surface area contributed by atoms with Gasteiger partial charge in [0, 0.05) is 19.3 Å². The van der Waals surface area contributed by atoms with Crippen LogP contribution >= 0.6 is 0 Å². The molecule has 0 atom stereocenters. The Hall–Kier alpha value is -2.37. The van der Waals surface area contributed by atoms with E-state index in [4.69, 9.17) is 0 Å². The lowest BCUT2D eigenvalue weighted by Crippen LogP contribution is -2.23. The molecule has 0 aliphatic rings. The molecule has 2 aromatic rings. The van der Waals surface area contributed by atoms with Gasteiger partial charge in [0.25, 0.3) is 5.95 Å². The highest BCUT2D eigenvalue weighted by molar-refractivity contribution is 7.80. The zero-order valence-corrected chi connectivity index (χ0v) is 12.4. The maximum Gasteiger partial charge on any atom is 1.00 e. The van der Waals surface area contributed by atoms with E-state index in [1.807, 2.05) is 0 Å². The molecule has 11 heteroatoms. The van der Waals surface area contributed by atoms with Gasteiger partial charge in [-0.25, -0.2) is 8.42 Å². The Balaban J connectivity index is 0.00000264. The summed E-state index contributed by atoms with van der Waals surface area (Å²) < 4.78 is 35.1. The van der Waals surface area contributed by atoms with Crippen LogP contribution in [0.1, 0.15) is 1.43 Å². The summed E-state index contributed by atoms with van der Waals surface area (Å²) in [5, 5.41) is 15.1. The van der Waals surface area contributed by atoms with E-state index in [1.54, 1.807) is 36.2 Å². The summed E-state index contributed by atoms with van der Waals surface area (Å²) in [4.78, 5) is 4.43. The zero-order valence-electron chi connectivity index (χ0n) is 12.6. The fourth-order valence-corrected chi connectivity index (χ4v) is 1.81. The highest BCUT2D eigenvalue weighted by Gasteiger charge is 2.02. The highest BCUT2D eigenvalue weighted by atomic mass is 32.3. The van der Waals surface area contributed by atoms with Crippen molar-refractivity contribution >= 4 is 27.7 Å². The number of azo groups is 1. The van der Waals surface area contributed by atoms with Crippen LogP contribution in [0.3, 0.4) is 0 Å². The topological polar surface area (TPSA) is 136 Å². The Kier molecular flexibility index (Phi) is 5.14. The molecule has 0 radical (unpaired) electrons. The number of nitrogens with one attached hydrogen (secondary N) is 1. The quantitative estimate of drug-likeness (QED) is 0.459. The monoisotopic (exact) mass is 326 g/mol. The van der Waals surface area contributed by atoms with E-state index < -0.39 is 10.4 Å². The van der Waals surface area contributed by atoms with Gasteiger partial charge in [-0.05, 0) is 24.3 Å². The number of aromatic nitrogens is 3. The van der Waals surface area contributed by atoms with E-state index in [0.29, 0.717) is 11.6 Å². The average Bonchev–Trinajstić information content (AvgIpc) is 2.97. The third kappa shape index (κ3) is 5.20. The maximum atomic E-state index is 10.3. The maximum absolute atomic E-state index is 10.3. The minimum atomic E-state index is -4.66. The molecule has 1 N–H and O–H groups in total. The fraction of sp³-hybridized carbons (Fsp3) is 0.273. The Morgan fingerprint density at radius 1 is 1.36 bits per heavy atom. The largest absolute Gasteiger partial charge is 1.00 e. The minimum Gasteiger partial charge on any atom is -0.726 e. The molecule has 1 heterocycles.